The Morgan fingerprint density at radius 1 is 1.28 bits per heavy atom. The van der Waals surface area contributed by atoms with Crippen molar-refractivity contribution in [2.24, 2.45) is 0 Å². The zero-order valence-electron chi connectivity index (χ0n) is 12.8. The lowest BCUT2D eigenvalue weighted by atomic mass is 10.2. The van der Waals surface area contributed by atoms with Crippen molar-refractivity contribution in [1.29, 1.82) is 5.26 Å². The van der Waals surface area contributed by atoms with Gasteiger partial charge in [0.25, 0.3) is 10.0 Å². The van der Waals surface area contributed by atoms with Crippen molar-refractivity contribution in [2.45, 2.75) is 11.4 Å². The van der Waals surface area contributed by atoms with Gasteiger partial charge in [0.2, 0.25) is 0 Å². The molecule has 0 bridgehead atoms. The third kappa shape index (κ3) is 3.96. The number of halogens is 1. The van der Waals surface area contributed by atoms with Gasteiger partial charge in [0.05, 0.1) is 33.9 Å². The maximum absolute atomic E-state index is 12.4. The first-order valence-electron chi connectivity index (χ1n) is 7.12. The number of rotatable bonds is 5. The minimum Gasteiger partial charge on any atom is -0.276 e. The molecule has 0 radical (unpaired) electrons. The average molecular weight is 374 g/mol. The molecule has 3 rings (SSSR count). The first kappa shape index (κ1) is 17.0. The highest BCUT2D eigenvalue weighted by molar-refractivity contribution is 7.92. The van der Waals surface area contributed by atoms with Gasteiger partial charge < -0.3 is 0 Å². The topological polar surface area (TPSA) is 101 Å². The maximum Gasteiger partial charge on any atom is 0.262 e. The van der Waals surface area contributed by atoms with Crippen LogP contribution in [0.4, 0.5) is 5.69 Å². The van der Waals surface area contributed by atoms with E-state index in [9.17, 15) is 8.42 Å². The molecule has 0 spiro atoms. The Hall–Kier alpha value is -2.89. The van der Waals surface area contributed by atoms with Crippen molar-refractivity contribution in [2.75, 3.05) is 4.72 Å². The number of benzene rings is 1. The number of nitrogens with one attached hydrogen (secondary N) is 1. The summed E-state index contributed by atoms with van der Waals surface area (Å²) < 4.78 is 28.9. The molecule has 2 heterocycles. The molecule has 0 saturated carbocycles. The second kappa shape index (κ2) is 6.93. The predicted molar refractivity (Wildman–Crippen MR) is 92.5 cm³/mol. The molecule has 1 aromatic carbocycles. The molecule has 0 fully saturated rings. The van der Waals surface area contributed by atoms with Crippen LogP contribution in [0.2, 0.25) is 5.02 Å². The Balaban J connectivity index is 1.79. The third-order valence-corrected chi connectivity index (χ3v) is 5.03. The highest BCUT2D eigenvalue weighted by atomic mass is 35.5. The number of pyridine rings is 1. The number of sulfonamides is 1. The minimum absolute atomic E-state index is 0.0477. The smallest absolute Gasteiger partial charge is 0.262 e. The molecule has 2 aromatic heterocycles. The van der Waals surface area contributed by atoms with Gasteiger partial charge in [-0.2, -0.15) is 10.4 Å². The van der Waals surface area contributed by atoms with Crippen LogP contribution in [0.25, 0.3) is 0 Å². The van der Waals surface area contributed by atoms with E-state index < -0.39 is 10.0 Å². The number of anilines is 1. The molecule has 0 unspecified atom stereocenters. The molecule has 1 N–H and O–H groups in total. The largest absolute Gasteiger partial charge is 0.276 e. The quantitative estimate of drug-likeness (QED) is 0.740. The molecule has 7 nitrogen and oxygen atoms in total. The van der Waals surface area contributed by atoms with Crippen molar-refractivity contribution < 1.29 is 8.42 Å². The fourth-order valence-electron chi connectivity index (χ4n) is 2.15. The lowest BCUT2D eigenvalue weighted by Crippen LogP contribution is -2.12. The summed E-state index contributed by atoms with van der Waals surface area (Å²) >= 11 is 5.83. The van der Waals surface area contributed by atoms with Crippen LogP contribution in [-0.4, -0.2) is 23.2 Å². The van der Waals surface area contributed by atoms with Gasteiger partial charge in [-0.1, -0.05) is 17.7 Å². The lowest BCUT2D eigenvalue weighted by molar-refractivity contribution is 0.601. The fourth-order valence-corrected chi connectivity index (χ4v) is 3.37. The van der Waals surface area contributed by atoms with Crippen LogP contribution in [0.5, 0.6) is 0 Å². The molecule has 9 heteroatoms. The van der Waals surface area contributed by atoms with E-state index in [4.69, 9.17) is 16.9 Å². The second-order valence-electron chi connectivity index (χ2n) is 5.15. The van der Waals surface area contributed by atoms with Crippen LogP contribution in [0.1, 0.15) is 11.1 Å². The molecule has 0 aliphatic carbocycles. The number of hydrogen-bond donors (Lipinski definition) is 1. The Kier molecular flexibility index (Phi) is 4.70. The second-order valence-corrected chi connectivity index (χ2v) is 7.24. The number of aromatic nitrogens is 3. The van der Waals surface area contributed by atoms with Gasteiger partial charge in [0.15, 0.2) is 0 Å². The molecule has 126 valence electrons. The molecule has 0 aliphatic heterocycles. The summed E-state index contributed by atoms with van der Waals surface area (Å²) in [6.07, 6.45) is 6.37. The van der Waals surface area contributed by atoms with Crippen molar-refractivity contribution in [3.05, 3.63) is 71.3 Å². The average Bonchev–Trinajstić information content (AvgIpc) is 3.02. The highest BCUT2D eigenvalue weighted by Gasteiger charge is 2.17. The van der Waals surface area contributed by atoms with E-state index in [1.165, 1.54) is 24.4 Å². The molecule has 0 amide bonds. The van der Waals surface area contributed by atoms with E-state index in [-0.39, 0.29) is 15.5 Å². The van der Waals surface area contributed by atoms with Crippen LogP contribution >= 0.6 is 11.6 Å². The van der Waals surface area contributed by atoms with Gasteiger partial charge in [-0.05, 0) is 29.8 Å². The van der Waals surface area contributed by atoms with Crippen molar-refractivity contribution >= 4 is 27.3 Å². The first-order chi connectivity index (χ1) is 12.0. The van der Waals surface area contributed by atoms with Gasteiger partial charge in [-0.3, -0.25) is 14.4 Å². The summed E-state index contributed by atoms with van der Waals surface area (Å²) in [6, 6.07) is 9.51. The highest BCUT2D eigenvalue weighted by Crippen LogP contribution is 2.21. The minimum atomic E-state index is -3.85. The Morgan fingerprint density at radius 3 is 2.84 bits per heavy atom. The van der Waals surface area contributed by atoms with Crippen molar-refractivity contribution in [3.8, 4) is 6.07 Å². The third-order valence-electron chi connectivity index (χ3n) is 3.32. The maximum atomic E-state index is 12.4. The summed E-state index contributed by atoms with van der Waals surface area (Å²) in [5.74, 6) is 0. The van der Waals surface area contributed by atoms with Crippen molar-refractivity contribution in [3.63, 3.8) is 0 Å². The first-order valence-corrected chi connectivity index (χ1v) is 8.98. The molecule has 25 heavy (non-hydrogen) atoms. The molecule has 0 saturated heterocycles. The van der Waals surface area contributed by atoms with Crippen LogP contribution in [-0.2, 0) is 16.6 Å². The number of hydrogen-bond acceptors (Lipinski definition) is 5. The van der Waals surface area contributed by atoms with Crippen molar-refractivity contribution in [1.82, 2.24) is 14.8 Å². The molecule has 3 aromatic rings. The van der Waals surface area contributed by atoms with Crippen LogP contribution in [0.15, 0.2) is 60.0 Å². The summed E-state index contributed by atoms with van der Waals surface area (Å²) in [7, 11) is -3.85. The number of nitrogens with zero attached hydrogens (tertiary/aromatic N) is 4. The Morgan fingerprint density at radius 2 is 2.12 bits per heavy atom. The summed E-state index contributed by atoms with van der Waals surface area (Å²) in [5, 5.41) is 13.3. The lowest BCUT2D eigenvalue weighted by Gasteiger charge is -2.06. The van der Waals surface area contributed by atoms with E-state index >= 15 is 0 Å². The molecule has 0 atom stereocenters. The van der Waals surface area contributed by atoms with E-state index in [0.29, 0.717) is 12.2 Å². The predicted octanol–water partition coefficient (Wildman–Crippen LogP) is 2.65. The van der Waals surface area contributed by atoms with Crippen LogP contribution in [0.3, 0.4) is 0 Å². The molecule has 0 aliphatic rings. The van der Waals surface area contributed by atoms with E-state index in [1.807, 2.05) is 18.2 Å². The van der Waals surface area contributed by atoms with E-state index in [0.717, 1.165) is 5.56 Å². The van der Waals surface area contributed by atoms with Gasteiger partial charge in [0, 0.05) is 18.6 Å². The van der Waals surface area contributed by atoms with E-state index in [1.54, 1.807) is 23.3 Å². The summed E-state index contributed by atoms with van der Waals surface area (Å²) in [6.45, 7) is 0.467. The van der Waals surface area contributed by atoms with E-state index in [2.05, 4.69) is 14.8 Å². The monoisotopic (exact) mass is 373 g/mol. The van der Waals surface area contributed by atoms with Gasteiger partial charge in [-0.15, -0.1) is 0 Å². The normalized spacial score (nSPS) is 11.0. The van der Waals surface area contributed by atoms with Crippen LogP contribution < -0.4 is 4.72 Å². The molecular formula is C16H12ClN5O2S. The zero-order chi connectivity index (χ0) is 17.9. The fraction of sp³-hybridized carbons (Fsp3) is 0.0625. The van der Waals surface area contributed by atoms with Gasteiger partial charge in [0.1, 0.15) is 6.07 Å². The summed E-state index contributed by atoms with van der Waals surface area (Å²) in [4.78, 5) is 3.97. The Bertz CT molecular complexity index is 1040. The standard InChI is InChI=1S/C16H12ClN5O2S/c17-16-4-3-15(6-13(16)7-18)25(23,24)21-14-9-20-22(11-14)10-12-2-1-5-19-8-12/h1-6,8-9,11,21H,10H2. The number of nitriles is 1. The SMILES string of the molecule is N#Cc1cc(S(=O)(=O)Nc2cnn(Cc3cccnc3)c2)ccc1Cl. The van der Waals surface area contributed by atoms with Gasteiger partial charge >= 0.3 is 0 Å². The van der Waals surface area contributed by atoms with Gasteiger partial charge in [-0.25, -0.2) is 8.42 Å². The summed E-state index contributed by atoms with van der Waals surface area (Å²) in [5.41, 5.74) is 1.35. The molecular weight excluding hydrogens is 362 g/mol. The Labute approximate surface area is 149 Å². The zero-order valence-corrected chi connectivity index (χ0v) is 14.4. The van der Waals surface area contributed by atoms with Crippen LogP contribution in [0, 0.1) is 11.3 Å².